The van der Waals surface area contributed by atoms with Crippen LogP contribution in [0.4, 0.5) is 0 Å². The second-order valence-electron chi connectivity index (χ2n) is 8.04. The van der Waals surface area contributed by atoms with E-state index in [-0.39, 0.29) is 42.1 Å². The highest BCUT2D eigenvalue weighted by molar-refractivity contribution is 5.95. The fraction of sp³-hybridized carbons (Fsp3) is 0.542. The van der Waals surface area contributed by atoms with E-state index in [2.05, 4.69) is 19.6 Å². The predicted molar refractivity (Wildman–Crippen MR) is 114 cm³/mol. The fourth-order valence-corrected chi connectivity index (χ4v) is 4.16. The average molecular weight is 403 g/mol. The molecule has 0 amide bonds. The second-order valence-corrected chi connectivity index (χ2v) is 8.04. The number of aliphatic hydroxyl groups is 1. The van der Waals surface area contributed by atoms with Crippen LogP contribution >= 0.6 is 0 Å². The van der Waals surface area contributed by atoms with Gasteiger partial charge in [0.1, 0.15) is 23.7 Å². The Balaban J connectivity index is 2.59. The third-order valence-corrected chi connectivity index (χ3v) is 5.69. The molecule has 2 rings (SSSR count). The third kappa shape index (κ3) is 5.41. The molecule has 160 valence electrons. The number of aryl methyl sites for hydroxylation is 1. The number of allylic oxidation sites excluding steroid dienone is 3. The lowest BCUT2D eigenvalue weighted by atomic mass is 9.73. The first-order valence-corrected chi connectivity index (χ1v) is 10.5. The molecule has 0 bridgehead atoms. The first-order chi connectivity index (χ1) is 13.8. The van der Waals surface area contributed by atoms with Crippen LogP contribution in [0.15, 0.2) is 29.9 Å². The van der Waals surface area contributed by atoms with E-state index in [0.29, 0.717) is 17.5 Å². The highest BCUT2D eigenvalue weighted by atomic mass is 16.5. The number of aliphatic hydroxyl groups excluding tert-OH is 1. The lowest BCUT2D eigenvalue weighted by Crippen LogP contribution is -2.19. The van der Waals surface area contributed by atoms with Crippen molar-refractivity contribution >= 4 is 5.97 Å². The van der Waals surface area contributed by atoms with Crippen molar-refractivity contribution in [3.05, 3.63) is 46.6 Å². The van der Waals surface area contributed by atoms with E-state index < -0.39 is 5.97 Å². The molecule has 0 aliphatic heterocycles. The number of esters is 1. The van der Waals surface area contributed by atoms with Crippen molar-refractivity contribution in [2.45, 2.75) is 65.2 Å². The molecular formula is C24H34O5. The first kappa shape index (κ1) is 23.0. The molecule has 1 aliphatic carbocycles. The molecule has 29 heavy (non-hydrogen) atoms. The summed E-state index contributed by atoms with van der Waals surface area (Å²) in [6.07, 6.45) is 7.27. The molecule has 0 heterocycles. The lowest BCUT2D eigenvalue weighted by molar-refractivity contribution is 0.0429. The van der Waals surface area contributed by atoms with E-state index in [0.717, 1.165) is 37.7 Å². The number of hydrogen-bond donors (Lipinski definition) is 3. The molecule has 1 aromatic rings. The van der Waals surface area contributed by atoms with E-state index in [1.54, 1.807) is 6.07 Å². The summed E-state index contributed by atoms with van der Waals surface area (Å²) in [6.45, 7) is 9.74. The highest BCUT2D eigenvalue weighted by Crippen LogP contribution is 2.48. The van der Waals surface area contributed by atoms with Crippen LogP contribution in [-0.4, -0.2) is 34.5 Å². The smallest absolute Gasteiger partial charge is 0.342 e. The van der Waals surface area contributed by atoms with Gasteiger partial charge in [-0.2, -0.15) is 0 Å². The topological polar surface area (TPSA) is 87.0 Å². The van der Waals surface area contributed by atoms with Gasteiger partial charge in [0.2, 0.25) is 0 Å². The number of aromatic hydroxyl groups is 2. The standard InChI is InChI=1S/C24H34O5/c1-5-6-7-8-17-14-20(26)22(23(27)21(17)24(28)29-12-11-25)19-13-16(4)9-10-18(19)15(2)3/h13-14,18-19,25-27H,2,5-12H2,1,3-4H3/t18-,19+/m1/s1. The van der Waals surface area contributed by atoms with Crippen LogP contribution in [0.5, 0.6) is 11.5 Å². The van der Waals surface area contributed by atoms with E-state index in [9.17, 15) is 15.0 Å². The zero-order valence-corrected chi connectivity index (χ0v) is 17.8. The number of benzene rings is 1. The highest BCUT2D eigenvalue weighted by Gasteiger charge is 2.33. The number of carbonyl (C=O) groups excluding carboxylic acids is 1. The summed E-state index contributed by atoms with van der Waals surface area (Å²) in [7, 11) is 0. The Kier molecular flexibility index (Phi) is 8.32. The molecule has 0 fully saturated rings. The van der Waals surface area contributed by atoms with Crippen molar-refractivity contribution in [3.63, 3.8) is 0 Å². The van der Waals surface area contributed by atoms with Gasteiger partial charge in [-0.15, -0.1) is 0 Å². The van der Waals surface area contributed by atoms with Gasteiger partial charge in [0.25, 0.3) is 0 Å². The SMILES string of the molecule is C=C(C)[C@H]1CCC(C)=C[C@@H]1c1c(O)cc(CCCCC)c(C(=O)OCCO)c1O. The second kappa shape index (κ2) is 10.5. The quantitative estimate of drug-likeness (QED) is 0.307. The number of unbranched alkanes of at least 4 members (excludes halogenated alkanes) is 2. The van der Waals surface area contributed by atoms with E-state index in [1.807, 2.05) is 13.8 Å². The Bertz CT molecular complexity index is 778. The Morgan fingerprint density at radius 1 is 1.31 bits per heavy atom. The van der Waals surface area contributed by atoms with Crippen molar-refractivity contribution in [1.29, 1.82) is 0 Å². The third-order valence-electron chi connectivity index (χ3n) is 5.69. The molecule has 0 unspecified atom stereocenters. The molecule has 5 heteroatoms. The predicted octanol–water partition coefficient (Wildman–Crippen LogP) is 5.00. The molecule has 0 saturated heterocycles. The zero-order valence-electron chi connectivity index (χ0n) is 17.8. The van der Waals surface area contributed by atoms with Crippen LogP contribution in [-0.2, 0) is 11.2 Å². The summed E-state index contributed by atoms with van der Waals surface area (Å²) < 4.78 is 5.12. The van der Waals surface area contributed by atoms with Crippen molar-refractivity contribution in [2.75, 3.05) is 13.2 Å². The van der Waals surface area contributed by atoms with Crippen molar-refractivity contribution < 1.29 is 24.9 Å². The Hall–Kier alpha value is -2.27. The molecule has 3 N–H and O–H groups in total. The molecule has 0 saturated carbocycles. The maximum absolute atomic E-state index is 12.7. The molecule has 1 aliphatic rings. The molecule has 2 atom stereocenters. The van der Waals surface area contributed by atoms with E-state index >= 15 is 0 Å². The van der Waals surface area contributed by atoms with Crippen LogP contribution in [0.25, 0.3) is 0 Å². The van der Waals surface area contributed by atoms with Crippen molar-refractivity contribution in [1.82, 2.24) is 0 Å². The fourth-order valence-electron chi connectivity index (χ4n) is 4.16. The summed E-state index contributed by atoms with van der Waals surface area (Å²) in [5.41, 5.74) is 3.19. The van der Waals surface area contributed by atoms with Gasteiger partial charge in [-0.1, -0.05) is 43.6 Å². The summed E-state index contributed by atoms with van der Waals surface area (Å²) in [6, 6.07) is 1.59. The summed E-state index contributed by atoms with van der Waals surface area (Å²) >= 11 is 0. The van der Waals surface area contributed by atoms with Crippen LogP contribution in [0.1, 0.15) is 80.3 Å². The number of carbonyl (C=O) groups is 1. The monoisotopic (exact) mass is 402 g/mol. The van der Waals surface area contributed by atoms with Crippen molar-refractivity contribution in [2.24, 2.45) is 5.92 Å². The van der Waals surface area contributed by atoms with Crippen LogP contribution < -0.4 is 0 Å². The van der Waals surface area contributed by atoms with Crippen LogP contribution in [0.2, 0.25) is 0 Å². The lowest BCUT2D eigenvalue weighted by Gasteiger charge is -2.32. The summed E-state index contributed by atoms with van der Waals surface area (Å²) in [4.78, 5) is 12.7. The molecule has 5 nitrogen and oxygen atoms in total. The van der Waals surface area contributed by atoms with Gasteiger partial charge >= 0.3 is 5.97 Å². The molecular weight excluding hydrogens is 368 g/mol. The van der Waals surface area contributed by atoms with Gasteiger partial charge in [-0.3, -0.25) is 0 Å². The van der Waals surface area contributed by atoms with Crippen molar-refractivity contribution in [3.8, 4) is 11.5 Å². The first-order valence-electron chi connectivity index (χ1n) is 10.5. The Morgan fingerprint density at radius 3 is 2.66 bits per heavy atom. The minimum absolute atomic E-state index is 0.00472. The summed E-state index contributed by atoms with van der Waals surface area (Å²) in [5, 5.41) is 31.0. The van der Waals surface area contributed by atoms with E-state index in [1.165, 1.54) is 5.57 Å². The molecule has 0 radical (unpaired) electrons. The molecule has 0 spiro atoms. The number of ether oxygens (including phenoxy) is 1. The minimum Gasteiger partial charge on any atom is -0.507 e. The van der Waals surface area contributed by atoms with E-state index in [4.69, 9.17) is 9.84 Å². The minimum atomic E-state index is -0.673. The number of phenols is 2. The van der Waals surface area contributed by atoms with Crippen LogP contribution in [0.3, 0.4) is 0 Å². The Labute approximate surface area is 173 Å². The van der Waals surface area contributed by atoms with Gasteiger partial charge < -0.3 is 20.1 Å². The molecule has 0 aromatic heterocycles. The van der Waals surface area contributed by atoms with Gasteiger partial charge in [-0.05, 0) is 57.1 Å². The normalized spacial score (nSPS) is 19.0. The Morgan fingerprint density at radius 2 is 2.03 bits per heavy atom. The van der Waals surface area contributed by atoms with Crippen LogP contribution in [0, 0.1) is 5.92 Å². The van der Waals surface area contributed by atoms with Gasteiger partial charge in [0.15, 0.2) is 0 Å². The number of phenolic OH excluding ortho intramolecular Hbond substituents is 2. The largest absolute Gasteiger partial charge is 0.507 e. The zero-order chi connectivity index (χ0) is 21.6. The van der Waals surface area contributed by atoms with Gasteiger partial charge in [-0.25, -0.2) is 4.79 Å². The number of rotatable bonds is 9. The molecule has 1 aromatic carbocycles. The van der Waals surface area contributed by atoms with Gasteiger partial charge in [0, 0.05) is 11.5 Å². The average Bonchev–Trinajstić information content (AvgIpc) is 2.66. The van der Waals surface area contributed by atoms with Gasteiger partial charge in [0.05, 0.1) is 6.61 Å². The summed E-state index contributed by atoms with van der Waals surface area (Å²) in [5.74, 6) is -1.08. The maximum atomic E-state index is 12.7. The number of hydrogen-bond acceptors (Lipinski definition) is 5. The maximum Gasteiger partial charge on any atom is 0.342 e.